The predicted octanol–water partition coefficient (Wildman–Crippen LogP) is 3.63. The van der Waals surface area contributed by atoms with E-state index in [0.29, 0.717) is 18.9 Å². The number of nitrogens with zero attached hydrogens (tertiary/aromatic N) is 3. The summed E-state index contributed by atoms with van der Waals surface area (Å²) in [5.74, 6) is 2.08. The summed E-state index contributed by atoms with van der Waals surface area (Å²) in [4.78, 5) is 21.3. The van der Waals surface area contributed by atoms with E-state index in [9.17, 15) is 4.79 Å². The van der Waals surface area contributed by atoms with E-state index in [4.69, 9.17) is 9.41 Å². The molecule has 2 heterocycles. The topological polar surface area (TPSA) is 73.1 Å². The second-order valence-electron chi connectivity index (χ2n) is 7.44. The first kappa shape index (κ1) is 26.7. The van der Waals surface area contributed by atoms with Gasteiger partial charge in [0.25, 0.3) is 0 Å². The predicted molar refractivity (Wildman–Crippen MR) is 133 cm³/mol. The largest absolute Gasteiger partial charge is 0.468 e. The number of carbonyl (C=O) groups excluding carboxylic acids is 1. The highest BCUT2D eigenvalue weighted by Crippen LogP contribution is 2.21. The maximum Gasteiger partial charge on any atom is 0.222 e. The number of amides is 1. The van der Waals surface area contributed by atoms with Gasteiger partial charge >= 0.3 is 0 Å². The van der Waals surface area contributed by atoms with E-state index in [1.807, 2.05) is 17.0 Å². The third kappa shape index (κ3) is 8.83. The van der Waals surface area contributed by atoms with Crippen molar-refractivity contribution in [1.29, 1.82) is 0 Å². The van der Waals surface area contributed by atoms with Crippen LogP contribution in [0.25, 0.3) is 0 Å². The first-order chi connectivity index (χ1) is 14.2. The fourth-order valence-electron chi connectivity index (χ4n) is 3.80. The molecule has 30 heavy (non-hydrogen) atoms. The molecule has 1 aromatic rings. The Morgan fingerprint density at radius 2 is 2.03 bits per heavy atom. The molecule has 1 saturated heterocycles. The van der Waals surface area contributed by atoms with E-state index in [1.54, 1.807) is 6.26 Å². The van der Waals surface area contributed by atoms with Crippen molar-refractivity contribution in [2.45, 2.75) is 58.9 Å². The third-order valence-corrected chi connectivity index (χ3v) is 5.46. The molecule has 0 radical (unpaired) electrons. The van der Waals surface area contributed by atoms with Crippen LogP contribution in [0, 0.1) is 0 Å². The average molecular weight is 533 g/mol. The van der Waals surface area contributed by atoms with Crippen molar-refractivity contribution < 1.29 is 9.21 Å². The SMILES string of the molecule is CCNC(=NCC(c1ccco1)N(CC)CC)NCCCN1CCCCCC1=O.I. The Kier molecular flexibility index (Phi) is 13.8. The molecule has 0 aromatic carbocycles. The number of guanidine groups is 1. The monoisotopic (exact) mass is 533 g/mol. The highest BCUT2D eigenvalue weighted by molar-refractivity contribution is 14.0. The van der Waals surface area contributed by atoms with Crippen molar-refractivity contribution in [3.8, 4) is 0 Å². The number of nitrogens with one attached hydrogen (secondary N) is 2. The molecule has 1 aliphatic rings. The molecule has 1 aromatic heterocycles. The Morgan fingerprint density at radius 1 is 1.23 bits per heavy atom. The van der Waals surface area contributed by atoms with Crippen LogP contribution in [0.3, 0.4) is 0 Å². The number of rotatable bonds is 11. The Bertz CT molecular complexity index is 605. The molecule has 2 rings (SSSR count). The Balaban J connectivity index is 0.00000450. The van der Waals surface area contributed by atoms with Gasteiger partial charge in [0.05, 0.1) is 18.8 Å². The summed E-state index contributed by atoms with van der Waals surface area (Å²) in [5, 5.41) is 6.74. The molecule has 1 aliphatic heterocycles. The van der Waals surface area contributed by atoms with E-state index >= 15 is 0 Å². The van der Waals surface area contributed by atoms with Crippen LogP contribution >= 0.6 is 24.0 Å². The van der Waals surface area contributed by atoms with E-state index in [-0.39, 0.29) is 30.0 Å². The quantitative estimate of drug-likeness (QED) is 0.197. The van der Waals surface area contributed by atoms with Gasteiger partial charge in [0.2, 0.25) is 5.91 Å². The minimum atomic E-state index is 0. The summed E-state index contributed by atoms with van der Waals surface area (Å²) in [6, 6.07) is 4.09. The van der Waals surface area contributed by atoms with Gasteiger partial charge in [0.15, 0.2) is 5.96 Å². The first-order valence-electron chi connectivity index (χ1n) is 11.3. The van der Waals surface area contributed by atoms with Gasteiger partial charge in [-0.05, 0) is 51.4 Å². The molecule has 7 nitrogen and oxygen atoms in total. The minimum absolute atomic E-state index is 0. The number of hydrogen-bond donors (Lipinski definition) is 2. The molecule has 1 fully saturated rings. The number of carbonyl (C=O) groups is 1. The normalized spacial score (nSPS) is 16.2. The maximum atomic E-state index is 12.1. The summed E-state index contributed by atoms with van der Waals surface area (Å²) in [5.41, 5.74) is 0. The summed E-state index contributed by atoms with van der Waals surface area (Å²) < 4.78 is 5.67. The van der Waals surface area contributed by atoms with Crippen LogP contribution in [-0.4, -0.2) is 67.5 Å². The molecule has 172 valence electrons. The van der Waals surface area contributed by atoms with Gasteiger partial charge < -0.3 is 20.0 Å². The van der Waals surface area contributed by atoms with E-state index in [0.717, 1.165) is 70.3 Å². The summed E-state index contributed by atoms with van der Waals surface area (Å²) >= 11 is 0. The molecule has 0 spiro atoms. The molecule has 1 atom stereocenters. The number of likely N-dealkylation sites (tertiary alicyclic amines) is 1. The lowest BCUT2D eigenvalue weighted by atomic mass is 10.2. The molecule has 0 saturated carbocycles. The molecule has 1 amide bonds. The zero-order chi connectivity index (χ0) is 20.9. The first-order valence-corrected chi connectivity index (χ1v) is 11.3. The van der Waals surface area contributed by atoms with Crippen LogP contribution in [0.1, 0.15) is 64.7 Å². The molecule has 8 heteroatoms. The molecular weight excluding hydrogens is 493 g/mol. The number of hydrogen-bond acceptors (Lipinski definition) is 4. The van der Waals surface area contributed by atoms with Crippen LogP contribution < -0.4 is 10.6 Å². The summed E-state index contributed by atoms with van der Waals surface area (Å²) in [7, 11) is 0. The van der Waals surface area contributed by atoms with E-state index in [2.05, 4.69) is 36.3 Å². The number of furan rings is 1. The van der Waals surface area contributed by atoms with Crippen molar-refractivity contribution in [3.63, 3.8) is 0 Å². The number of aliphatic imine (C=N–C) groups is 1. The van der Waals surface area contributed by atoms with Crippen LogP contribution in [0.4, 0.5) is 0 Å². The lowest BCUT2D eigenvalue weighted by Crippen LogP contribution is -2.40. The number of halogens is 1. The number of likely N-dealkylation sites (N-methyl/N-ethyl adjacent to an activating group) is 1. The van der Waals surface area contributed by atoms with Gasteiger partial charge in [-0.15, -0.1) is 24.0 Å². The van der Waals surface area contributed by atoms with Crippen molar-refractivity contribution in [1.82, 2.24) is 20.4 Å². The Hall–Kier alpha value is -1.29. The van der Waals surface area contributed by atoms with Crippen LogP contribution in [0.2, 0.25) is 0 Å². The van der Waals surface area contributed by atoms with Gasteiger partial charge in [-0.2, -0.15) is 0 Å². The molecule has 0 aliphatic carbocycles. The molecule has 2 N–H and O–H groups in total. The van der Waals surface area contributed by atoms with Gasteiger partial charge in [-0.3, -0.25) is 14.7 Å². The summed E-state index contributed by atoms with van der Waals surface area (Å²) in [6.45, 7) is 12.3. The van der Waals surface area contributed by atoms with Crippen molar-refractivity contribution >= 4 is 35.8 Å². The van der Waals surface area contributed by atoms with Crippen molar-refractivity contribution in [2.24, 2.45) is 4.99 Å². The highest BCUT2D eigenvalue weighted by atomic mass is 127. The lowest BCUT2D eigenvalue weighted by Gasteiger charge is -2.27. The Labute approximate surface area is 199 Å². The highest BCUT2D eigenvalue weighted by Gasteiger charge is 2.20. The zero-order valence-electron chi connectivity index (χ0n) is 18.9. The fourth-order valence-corrected chi connectivity index (χ4v) is 3.80. The second-order valence-corrected chi connectivity index (χ2v) is 7.44. The van der Waals surface area contributed by atoms with Gasteiger partial charge in [0.1, 0.15) is 5.76 Å². The average Bonchev–Trinajstić information content (AvgIpc) is 3.18. The van der Waals surface area contributed by atoms with Gasteiger partial charge in [0, 0.05) is 32.6 Å². The van der Waals surface area contributed by atoms with Crippen LogP contribution in [0.15, 0.2) is 27.8 Å². The molecular formula is C22H40IN5O2. The second kappa shape index (κ2) is 15.5. The lowest BCUT2D eigenvalue weighted by molar-refractivity contribution is -0.130. The fraction of sp³-hybridized carbons (Fsp3) is 0.727. The van der Waals surface area contributed by atoms with E-state index < -0.39 is 0 Å². The van der Waals surface area contributed by atoms with Gasteiger partial charge in [-0.25, -0.2) is 0 Å². The maximum absolute atomic E-state index is 12.1. The van der Waals surface area contributed by atoms with Crippen molar-refractivity contribution in [3.05, 3.63) is 24.2 Å². The Morgan fingerprint density at radius 3 is 2.70 bits per heavy atom. The minimum Gasteiger partial charge on any atom is -0.468 e. The van der Waals surface area contributed by atoms with Crippen LogP contribution in [0.5, 0.6) is 0 Å². The standard InChI is InChI=1S/C22H39N5O2.HI/c1-4-23-22(24-14-11-16-27-15-9-7-8-13-21(27)28)25-18-19(26(5-2)6-3)20-12-10-17-29-20;/h10,12,17,19H,4-9,11,13-16,18H2,1-3H3,(H2,23,24,25);1H. The smallest absolute Gasteiger partial charge is 0.222 e. The summed E-state index contributed by atoms with van der Waals surface area (Å²) in [6.07, 6.45) is 6.69. The molecule has 0 bridgehead atoms. The van der Waals surface area contributed by atoms with Crippen LogP contribution in [-0.2, 0) is 4.79 Å². The third-order valence-electron chi connectivity index (χ3n) is 5.46. The van der Waals surface area contributed by atoms with E-state index in [1.165, 1.54) is 6.42 Å². The van der Waals surface area contributed by atoms with Gasteiger partial charge in [-0.1, -0.05) is 20.3 Å². The zero-order valence-corrected chi connectivity index (χ0v) is 21.2. The van der Waals surface area contributed by atoms with Crippen molar-refractivity contribution in [2.75, 3.05) is 45.8 Å². The molecule has 1 unspecified atom stereocenters.